The van der Waals surface area contributed by atoms with E-state index in [1.807, 2.05) is 67.6 Å². The zero-order valence-corrected chi connectivity index (χ0v) is 18.3. The third-order valence-electron chi connectivity index (χ3n) is 5.02. The molecule has 2 aromatic carbocycles. The second-order valence-corrected chi connectivity index (χ2v) is 8.87. The molecule has 0 saturated heterocycles. The normalized spacial score (nSPS) is 14.1. The Morgan fingerprint density at radius 2 is 1.97 bits per heavy atom. The molecule has 1 amide bonds. The van der Waals surface area contributed by atoms with Gasteiger partial charge >= 0.3 is 0 Å². The Balaban J connectivity index is 1.32. The molecular formula is C24H26N4O2S. The Morgan fingerprint density at radius 3 is 2.65 bits per heavy atom. The van der Waals surface area contributed by atoms with E-state index in [1.54, 1.807) is 0 Å². The lowest BCUT2D eigenvalue weighted by molar-refractivity contribution is -0.115. The summed E-state index contributed by atoms with van der Waals surface area (Å²) in [5.74, 6) is 2.17. The quantitative estimate of drug-likeness (QED) is 0.358. The van der Waals surface area contributed by atoms with E-state index in [-0.39, 0.29) is 11.2 Å². The Kier molecular flexibility index (Phi) is 6.72. The molecule has 0 bridgehead atoms. The molecule has 1 fully saturated rings. The molecule has 160 valence electrons. The number of carbonyl (C=O) groups is 1. The minimum absolute atomic E-state index is 0.0796. The number of thioether (sulfide) groups is 1. The third-order valence-corrected chi connectivity index (χ3v) is 6.10. The molecule has 0 aliphatic heterocycles. The van der Waals surface area contributed by atoms with E-state index in [1.165, 1.54) is 11.8 Å². The second-order valence-electron chi connectivity index (χ2n) is 7.56. The molecule has 1 unspecified atom stereocenters. The first-order chi connectivity index (χ1) is 15.1. The van der Waals surface area contributed by atoms with Gasteiger partial charge in [-0.15, -0.1) is 16.8 Å². The summed E-state index contributed by atoms with van der Waals surface area (Å²) >= 11 is 1.42. The predicted octanol–water partition coefficient (Wildman–Crippen LogP) is 5.04. The molecule has 1 heterocycles. The van der Waals surface area contributed by atoms with Crippen LogP contribution in [-0.4, -0.2) is 25.9 Å². The molecule has 0 radical (unpaired) electrons. The zero-order valence-electron chi connectivity index (χ0n) is 17.5. The summed E-state index contributed by atoms with van der Waals surface area (Å²) in [5, 5.41) is 12.1. The number of allylic oxidation sites excluding steroid dienone is 1. The fourth-order valence-corrected chi connectivity index (χ4v) is 4.03. The summed E-state index contributed by atoms with van der Waals surface area (Å²) in [7, 11) is 0. The molecule has 0 spiro atoms. The van der Waals surface area contributed by atoms with Gasteiger partial charge in [0, 0.05) is 18.2 Å². The van der Waals surface area contributed by atoms with Gasteiger partial charge in [0.2, 0.25) is 5.91 Å². The predicted molar refractivity (Wildman–Crippen MR) is 123 cm³/mol. The number of nitrogens with zero attached hydrogens (tertiary/aromatic N) is 3. The first-order valence-corrected chi connectivity index (χ1v) is 11.3. The Hall–Kier alpha value is -3.06. The smallest absolute Gasteiger partial charge is 0.237 e. The molecule has 7 heteroatoms. The molecule has 1 aliphatic carbocycles. The number of hydrogen-bond acceptors (Lipinski definition) is 5. The van der Waals surface area contributed by atoms with Crippen molar-refractivity contribution < 1.29 is 9.53 Å². The summed E-state index contributed by atoms with van der Waals surface area (Å²) in [4.78, 5) is 12.7. The SMILES string of the molecule is C=CCn1c(SC(C)C(=O)Nc2ccc(OCc3ccccc3)cc2)nnc1C1CC1. The maximum absolute atomic E-state index is 12.7. The number of anilines is 1. The van der Waals surface area contributed by atoms with Crippen LogP contribution >= 0.6 is 11.8 Å². The molecule has 3 aromatic rings. The third kappa shape index (κ3) is 5.55. The van der Waals surface area contributed by atoms with Crippen LogP contribution in [0.5, 0.6) is 5.75 Å². The number of aromatic nitrogens is 3. The van der Waals surface area contributed by atoms with E-state index in [0.717, 1.165) is 40.8 Å². The van der Waals surface area contributed by atoms with Crippen LogP contribution in [0.4, 0.5) is 5.69 Å². The van der Waals surface area contributed by atoms with Gasteiger partial charge < -0.3 is 14.6 Å². The summed E-state index contributed by atoms with van der Waals surface area (Å²) in [5.41, 5.74) is 1.84. The van der Waals surface area contributed by atoms with Gasteiger partial charge in [-0.25, -0.2) is 0 Å². The average Bonchev–Trinajstić information content (AvgIpc) is 3.56. The first kappa shape index (κ1) is 21.2. The number of hydrogen-bond donors (Lipinski definition) is 1. The lowest BCUT2D eigenvalue weighted by Crippen LogP contribution is -2.23. The minimum atomic E-state index is -0.311. The van der Waals surface area contributed by atoms with Gasteiger partial charge in [0.15, 0.2) is 5.16 Å². The van der Waals surface area contributed by atoms with Crippen molar-refractivity contribution in [3.63, 3.8) is 0 Å². The maximum atomic E-state index is 12.7. The minimum Gasteiger partial charge on any atom is -0.489 e. The topological polar surface area (TPSA) is 69.0 Å². The molecule has 1 saturated carbocycles. The molecule has 4 rings (SSSR count). The van der Waals surface area contributed by atoms with Crippen molar-refractivity contribution in [1.29, 1.82) is 0 Å². The lowest BCUT2D eigenvalue weighted by Gasteiger charge is -2.13. The highest BCUT2D eigenvalue weighted by Crippen LogP contribution is 2.40. The molecular weight excluding hydrogens is 408 g/mol. The van der Waals surface area contributed by atoms with Gasteiger partial charge in [0.1, 0.15) is 18.2 Å². The van der Waals surface area contributed by atoms with E-state index in [9.17, 15) is 4.79 Å². The van der Waals surface area contributed by atoms with Gasteiger partial charge in [-0.05, 0) is 49.6 Å². The molecule has 1 aromatic heterocycles. The van der Waals surface area contributed by atoms with Crippen LogP contribution in [0.1, 0.15) is 37.1 Å². The number of carbonyl (C=O) groups excluding carboxylic acids is 1. The van der Waals surface area contributed by atoms with Crippen molar-refractivity contribution in [1.82, 2.24) is 14.8 Å². The number of benzene rings is 2. The van der Waals surface area contributed by atoms with Crippen LogP contribution in [0, 0.1) is 0 Å². The first-order valence-electron chi connectivity index (χ1n) is 10.4. The monoisotopic (exact) mass is 434 g/mol. The number of amides is 1. The van der Waals surface area contributed by atoms with Crippen molar-refractivity contribution in [2.24, 2.45) is 0 Å². The molecule has 1 atom stereocenters. The van der Waals surface area contributed by atoms with Crippen LogP contribution in [0.3, 0.4) is 0 Å². The largest absolute Gasteiger partial charge is 0.489 e. The van der Waals surface area contributed by atoms with E-state index < -0.39 is 0 Å². The molecule has 1 N–H and O–H groups in total. The van der Waals surface area contributed by atoms with E-state index in [4.69, 9.17) is 4.74 Å². The van der Waals surface area contributed by atoms with Crippen LogP contribution in [-0.2, 0) is 17.9 Å². The number of ether oxygens (including phenoxy) is 1. The summed E-state index contributed by atoms with van der Waals surface area (Å²) < 4.78 is 7.87. The molecule has 31 heavy (non-hydrogen) atoms. The van der Waals surface area contributed by atoms with Crippen LogP contribution < -0.4 is 10.1 Å². The fourth-order valence-electron chi connectivity index (χ4n) is 3.16. The Labute approximate surface area is 186 Å². The van der Waals surface area contributed by atoms with E-state index in [0.29, 0.717) is 19.1 Å². The number of rotatable bonds is 10. The van der Waals surface area contributed by atoms with Gasteiger partial charge in [-0.3, -0.25) is 4.79 Å². The standard InChI is InChI=1S/C24H26N4O2S/c1-3-15-28-22(19-9-10-19)26-27-24(28)31-17(2)23(29)25-20-11-13-21(14-12-20)30-16-18-7-5-4-6-8-18/h3-8,11-14,17,19H,1,9-10,15-16H2,2H3,(H,25,29). The summed E-state index contributed by atoms with van der Waals surface area (Å²) in [6.45, 7) is 6.87. The summed E-state index contributed by atoms with van der Waals surface area (Å²) in [6, 6.07) is 17.4. The van der Waals surface area contributed by atoms with Crippen molar-refractivity contribution in [2.45, 2.75) is 49.2 Å². The van der Waals surface area contributed by atoms with Crippen LogP contribution in [0.15, 0.2) is 72.4 Å². The highest BCUT2D eigenvalue weighted by atomic mass is 32.2. The fraction of sp³-hybridized carbons (Fsp3) is 0.292. The van der Waals surface area contributed by atoms with Crippen LogP contribution in [0.25, 0.3) is 0 Å². The van der Waals surface area contributed by atoms with E-state index >= 15 is 0 Å². The molecule has 1 aliphatic rings. The van der Waals surface area contributed by atoms with Crippen molar-refractivity contribution in [2.75, 3.05) is 5.32 Å². The zero-order chi connectivity index (χ0) is 21.6. The van der Waals surface area contributed by atoms with Crippen molar-refractivity contribution in [3.8, 4) is 5.75 Å². The lowest BCUT2D eigenvalue weighted by atomic mass is 10.2. The van der Waals surface area contributed by atoms with Crippen LogP contribution in [0.2, 0.25) is 0 Å². The number of nitrogens with one attached hydrogen (secondary N) is 1. The second kappa shape index (κ2) is 9.83. The van der Waals surface area contributed by atoms with E-state index in [2.05, 4.69) is 26.7 Å². The highest BCUT2D eigenvalue weighted by Gasteiger charge is 2.31. The van der Waals surface area contributed by atoms with Gasteiger partial charge in [-0.1, -0.05) is 48.2 Å². The highest BCUT2D eigenvalue weighted by molar-refractivity contribution is 8.00. The van der Waals surface area contributed by atoms with Crippen molar-refractivity contribution >= 4 is 23.4 Å². The Bertz CT molecular complexity index is 1030. The summed E-state index contributed by atoms with van der Waals surface area (Å²) in [6.07, 6.45) is 4.15. The van der Waals surface area contributed by atoms with Gasteiger partial charge in [0.05, 0.1) is 5.25 Å². The Morgan fingerprint density at radius 1 is 1.23 bits per heavy atom. The molecule has 6 nitrogen and oxygen atoms in total. The van der Waals surface area contributed by atoms with Gasteiger partial charge in [-0.2, -0.15) is 0 Å². The maximum Gasteiger partial charge on any atom is 0.237 e. The van der Waals surface area contributed by atoms with Crippen molar-refractivity contribution in [3.05, 3.63) is 78.6 Å². The average molecular weight is 435 g/mol. The van der Waals surface area contributed by atoms with Gasteiger partial charge in [0.25, 0.3) is 0 Å².